The van der Waals surface area contributed by atoms with Crippen molar-refractivity contribution in [3.63, 3.8) is 0 Å². The van der Waals surface area contributed by atoms with Gasteiger partial charge in [-0.2, -0.15) is 0 Å². The Kier molecular flexibility index (Phi) is 1.21. The van der Waals surface area contributed by atoms with Gasteiger partial charge in [-0.05, 0) is 15.9 Å². The summed E-state index contributed by atoms with van der Waals surface area (Å²) in [5.74, 6) is 0.414. The Balaban J connectivity index is 3.19. The second kappa shape index (κ2) is 1.74. The summed E-state index contributed by atoms with van der Waals surface area (Å²) < 4.78 is 2.29. The maximum absolute atomic E-state index is 5.30. The van der Waals surface area contributed by atoms with Gasteiger partial charge in [-0.1, -0.05) is 0 Å². The highest BCUT2D eigenvalue weighted by Gasteiger charge is 1.97. The molecule has 44 valence electrons. The molecule has 0 amide bonds. The number of hydrogen-bond acceptors (Lipinski definition) is 3. The molecule has 1 aromatic heterocycles. The molecular formula is C3H5BrN4. The van der Waals surface area contributed by atoms with E-state index in [9.17, 15) is 0 Å². The van der Waals surface area contributed by atoms with E-state index in [2.05, 4.69) is 26.1 Å². The summed E-state index contributed by atoms with van der Waals surface area (Å²) in [6.45, 7) is 0. The Bertz CT molecular complexity index is 174. The second-order valence-corrected chi connectivity index (χ2v) is 2.10. The lowest BCUT2D eigenvalue weighted by molar-refractivity contribution is 0.892. The molecule has 1 rings (SSSR count). The molecule has 4 nitrogen and oxygen atoms in total. The number of nitrogens with two attached hydrogens (primary N) is 1. The Morgan fingerprint density at radius 3 is 2.38 bits per heavy atom. The highest BCUT2D eigenvalue weighted by Crippen LogP contribution is 2.05. The summed E-state index contributed by atoms with van der Waals surface area (Å²) in [6, 6.07) is 0. The fourth-order valence-corrected chi connectivity index (χ4v) is 0.582. The number of nitrogens with zero attached hydrogens (tertiary/aromatic N) is 3. The van der Waals surface area contributed by atoms with E-state index in [-0.39, 0.29) is 0 Å². The van der Waals surface area contributed by atoms with Gasteiger partial charge in [0.1, 0.15) is 0 Å². The highest BCUT2D eigenvalue weighted by atomic mass is 79.9. The fraction of sp³-hybridized carbons (Fsp3) is 0.333. The quantitative estimate of drug-likeness (QED) is 0.613. The van der Waals surface area contributed by atoms with Crippen molar-refractivity contribution in [1.29, 1.82) is 0 Å². The first kappa shape index (κ1) is 5.55. The number of rotatable bonds is 0. The van der Waals surface area contributed by atoms with E-state index in [0.717, 1.165) is 0 Å². The van der Waals surface area contributed by atoms with Gasteiger partial charge in [-0.25, -0.2) is 0 Å². The maximum Gasteiger partial charge on any atom is 0.222 e. The molecule has 0 fully saturated rings. The van der Waals surface area contributed by atoms with Crippen LogP contribution in [0.4, 0.5) is 5.95 Å². The molecule has 0 aromatic carbocycles. The monoisotopic (exact) mass is 176 g/mol. The summed E-state index contributed by atoms with van der Waals surface area (Å²) in [7, 11) is 1.78. The molecule has 1 aromatic rings. The van der Waals surface area contributed by atoms with Crippen LogP contribution in [0.3, 0.4) is 0 Å². The summed E-state index contributed by atoms with van der Waals surface area (Å²) in [6.07, 6.45) is 0. The summed E-state index contributed by atoms with van der Waals surface area (Å²) >= 11 is 3.13. The lowest BCUT2D eigenvalue weighted by Gasteiger charge is -1.89. The predicted octanol–water partition coefficient (Wildman–Crippen LogP) is 0.160. The zero-order valence-electron chi connectivity index (χ0n) is 4.30. The summed E-state index contributed by atoms with van der Waals surface area (Å²) in [5.41, 5.74) is 5.30. The largest absolute Gasteiger partial charge is 0.368 e. The van der Waals surface area contributed by atoms with Crippen LogP contribution < -0.4 is 5.73 Å². The van der Waals surface area contributed by atoms with E-state index in [1.165, 1.54) is 0 Å². The maximum atomic E-state index is 5.30. The molecule has 0 saturated heterocycles. The lowest BCUT2D eigenvalue weighted by Crippen LogP contribution is -1.96. The first-order chi connectivity index (χ1) is 3.72. The summed E-state index contributed by atoms with van der Waals surface area (Å²) in [5, 5.41) is 7.18. The molecule has 0 radical (unpaired) electrons. The highest BCUT2D eigenvalue weighted by molar-refractivity contribution is 9.10. The van der Waals surface area contributed by atoms with Crippen LogP contribution in [0.5, 0.6) is 0 Å². The molecule has 0 atom stereocenters. The van der Waals surface area contributed by atoms with Crippen molar-refractivity contribution in [3.05, 3.63) is 4.73 Å². The number of aromatic nitrogens is 3. The van der Waals surface area contributed by atoms with E-state index >= 15 is 0 Å². The Hall–Kier alpha value is -0.580. The molecule has 0 saturated carbocycles. The molecule has 5 heteroatoms. The van der Waals surface area contributed by atoms with E-state index in [1.807, 2.05) is 0 Å². The van der Waals surface area contributed by atoms with Gasteiger partial charge >= 0.3 is 0 Å². The minimum atomic E-state index is 0.414. The topological polar surface area (TPSA) is 56.7 Å². The van der Waals surface area contributed by atoms with Crippen LogP contribution in [0.1, 0.15) is 0 Å². The molecule has 0 spiro atoms. The van der Waals surface area contributed by atoms with Crippen molar-refractivity contribution < 1.29 is 0 Å². The normalized spacial score (nSPS) is 9.75. The van der Waals surface area contributed by atoms with Crippen molar-refractivity contribution in [2.24, 2.45) is 7.05 Å². The second-order valence-electron chi connectivity index (χ2n) is 1.39. The smallest absolute Gasteiger partial charge is 0.222 e. The third-order valence-electron chi connectivity index (χ3n) is 0.855. The van der Waals surface area contributed by atoms with E-state index < -0.39 is 0 Å². The Morgan fingerprint density at radius 2 is 2.25 bits per heavy atom. The van der Waals surface area contributed by atoms with Gasteiger partial charge in [0.05, 0.1) is 0 Å². The number of halogens is 1. The minimum absolute atomic E-state index is 0.414. The van der Waals surface area contributed by atoms with Crippen LogP contribution in [0.15, 0.2) is 4.73 Å². The third-order valence-corrected chi connectivity index (χ3v) is 1.55. The number of nitrogen functional groups attached to an aromatic ring is 1. The van der Waals surface area contributed by atoms with Gasteiger partial charge < -0.3 is 5.73 Å². The van der Waals surface area contributed by atoms with Crippen molar-refractivity contribution in [2.45, 2.75) is 0 Å². The van der Waals surface area contributed by atoms with Crippen molar-refractivity contribution >= 4 is 21.9 Å². The molecule has 8 heavy (non-hydrogen) atoms. The van der Waals surface area contributed by atoms with Gasteiger partial charge in [0.15, 0.2) is 0 Å². The molecule has 2 N–H and O–H groups in total. The van der Waals surface area contributed by atoms with Crippen LogP contribution in [-0.2, 0) is 7.05 Å². The SMILES string of the molecule is Cn1c(N)nnc1Br. The fourth-order valence-electron chi connectivity index (χ4n) is 0.321. The first-order valence-corrected chi connectivity index (χ1v) is 2.81. The van der Waals surface area contributed by atoms with Crippen molar-refractivity contribution in [2.75, 3.05) is 5.73 Å². The standard InChI is InChI=1S/C3H5BrN4/c1-8-2(4)6-7-3(8)5/h1H3,(H2,5,7). The molecule has 0 bridgehead atoms. The van der Waals surface area contributed by atoms with Crippen LogP contribution in [0.2, 0.25) is 0 Å². The van der Waals surface area contributed by atoms with Crippen LogP contribution in [-0.4, -0.2) is 14.8 Å². The molecule has 0 aliphatic heterocycles. The zero-order chi connectivity index (χ0) is 6.15. The molecule has 0 unspecified atom stereocenters. The average molecular weight is 177 g/mol. The van der Waals surface area contributed by atoms with E-state index in [0.29, 0.717) is 10.7 Å². The molecular weight excluding hydrogens is 172 g/mol. The first-order valence-electron chi connectivity index (χ1n) is 2.02. The number of hydrogen-bond donors (Lipinski definition) is 1. The molecule has 1 heterocycles. The number of anilines is 1. The van der Waals surface area contributed by atoms with E-state index in [1.54, 1.807) is 11.6 Å². The third kappa shape index (κ3) is 0.686. The van der Waals surface area contributed by atoms with Crippen LogP contribution in [0.25, 0.3) is 0 Å². The summed E-state index contributed by atoms with van der Waals surface area (Å²) in [4.78, 5) is 0. The van der Waals surface area contributed by atoms with Gasteiger partial charge in [-0.15, -0.1) is 10.2 Å². The van der Waals surface area contributed by atoms with Crippen molar-refractivity contribution in [1.82, 2.24) is 14.8 Å². The van der Waals surface area contributed by atoms with Crippen molar-refractivity contribution in [3.8, 4) is 0 Å². The van der Waals surface area contributed by atoms with Gasteiger partial charge in [0.2, 0.25) is 10.7 Å². The minimum Gasteiger partial charge on any atom is -0.368 e. The van der Waals surface area contributed by atoms with E-state index in [4.69, 9.17) is 5.73 Å². The molecule has 0 aliphatic rings. The lowest BCUT2D eigenvalue weighted by atomic mass is 11.0. The van der Waals surface area contributed by atoms with Crippen LogP contribution >= 0.6 is 15.9 Å². The predicted molar refractivity (Wildman–Crippen MR) is 33.1 cm³/mol. The van der Waals surface area contributed by atoms with Crippen LogP contribution in [0, 0.1) is 0 Å². The average Bonchev–Trinajstić information content (AvgIpc) is 1.98. The van der Waals surface area contributed by atoms with Gasteiger partial charge in [0.25, 0.3) is 0 Å². The Morgan fingerprint density at radius 1 is 1.62 bits per heavy atom. The molecule has 0 aliphatic carbocycles. The Labute approximate surface area is 54.8 Å². The van der Waals surface area contributed by atoms with Gasteiger partial charge in [-0.3, -0.25) is 4.57 Å². The zero-order valence-corrected chi connectivity index (χ0v) is 5.88. The van der Waals surface area contributed by atoms with Gasteiger partial charge in [0, 0.05) is 7.05 Å².